The first-order valence-corrected chi connectivity index (χ1v) is 5.32. The van der Waals surface area contributed by atoms with Crippen molar-refractivity contribution in [1.29, 1.82) is 0 Å². The topological polar surface area (TPSA) is 6.48 Å². The predicted octanol–water partition coefficient (Wildman–Crippen LogP) is 2.17. The third kappa shape index (κ3) is 8.16. The maximum atomic E-state index is 4.01. The Morgan fingerprint density at radius 1 is 1.00 bits per heavy atom. The molecule has 0 bridgehead atoms. The van der Waals surface area contributed by atoms with Crippen molar-refractivity contribution in [2.24, 2.45) is 0 Å². The highest BCUT2D eigenvalue weighted by Crippen LogP contribution is 2.01. The van der Waals surface area contributed by atoms with Gasteiger partial charge in [-0.15, -0.1) is 0 Å². The molecule has 0 unspecified atom stereocenters. The van der Waals surface area contributed by atoms with E-state index in [1.807, 2.05) is 20.2 Å². The summed E-state index contributed by atoms with van der Waals surface area (Å²) in [4.78, 5) is 4.33. The maximum absolute atomic E-state index is 4.01. The molecule has 0 aromatic heterocycles. The van der Waals surface area contributed by atoms with Gasteiger partial charge in [0.15, 0.2) is 0 Å². The molecule has 0 aliphatic carbocycles. The van der Waals surface area contributed by atoms with Gasteiger partial charge in [-0.1, -0.05) is 32.2 Å². The van der Waals surface area contributed by atoms with Crippen LogP contribution in [0.25, 0.3) is 0 Å². The van der Waals surface area contributed by atoms with Gasteiger partial charge in [-0.25, -0.2) is 0 Å². The zero-order valence-corrected chi connectivity index (χ0v) is 10.6. The molecule has 0 fully saturated rings. The lowest BCUT2D eigenvalue weighted by Crippen LogP contribution is -2.19. The summed E-state index contributed by atoms with van der Waals surface area (Å²) in [5, 5.41) is 0. The fourth-order valence-corrected chi connectivity index (χ4v) is 1.21. The number of rotatable bonds is 7. The molecule has 0 rings (SSSR count). The molecular weight excluding hydrogens is 184 g/mol. The van der Waals surface area contributed by atoms with Gasteiger partial charge in [0.1, 0.15) is 0 Å². The first kappa shape index (κ1) is 14.1. The Morgan fingerprint density at radius 2 is 1.47 bits per heavy atom. The van der Waals surface area contributed by atoms with Gasteiger partial charge in [0.2, 0.25) is 0 Å². The molecular formula is C13H24N2. The van der Waals surface area contributed by atoms with Gasteiger partial charge in [-0.3, -0.25) is 0 Å². The Labute approximate surface area is 94.6 Å². The highest BCUT2D eigenvalue weighted by molar-refractivity contribution is 5.25. The summed E-state index contributed by atoms with van der Waals surface area (Å²) in [5.74, 6) is 0. The van der Waals surface area contributed by atoms with Crippen LogP contribution in [0.5, 0.6) is 0 Å². The molecule has 0 aliphatic heterocycles. The van der Waals surface area contributed by atoms with Crippen LogP contribution < -0.4 is 0 Å². The van der Waals surface area contributed by atoms with Crippen LogP contribution in [0.2, 0.25) is 0 Å². The Bertz CT molecular complexity index is 239. The molecule has 0 aromatic carbocycles. The number of likely N-dealkylation sites (N-methyl/N-ethyl adjacent to an activating group) is 2. The van der Waals surface area contributed by atoms with E-state index < -0.39 is 0 Å². The third-order valence-corrected chi connectivity index (χ3v) is 2.09. The standard InChI is InChI=1S/C13H24N2/c1-7-15(6)11-13(3)9-8-12(2)10-14(4)5/h8-9H,2-3,7,10-11H2,1,4-6H3/b9-8-. The molecule has 0 heterocycles. The van der Waals surface area contributed by atoms with E-state index in [4.69, 9.17) is 0 Å². The van der Waals surface area contributed by atoms with Gasteiger partial charge in [-0.2, -0.15) is 0 Å². The van der Waals surface area contributed by atoms with Gasteiger partial charge in [0.25, 0.3) is 0 Å². The Hall–Kier alpha value is -0.860. The van der Waals surface area contributed by atoms with E-state index in [2.05, 4.69) is 43.0 Å². The van der Waals surface area contributed by atoms with Crippen LogP contribution in [0.4, 0.5) is 0 Å². The second-order valence-electron chi connectivity index (χ2n) is 4.22. The lowest BCUT2D eigenvalue weighted by Gasteiger charge is -2.13. The highest BCUT2D eigenvalue weighted by atomic mass is 15.1. The van der Waals surface area contributed by atoms with E-state index in [1.165, 1.54) is 0 Å². The van der Waals surface area contributed by atoms with Gasteiger partial charge >= 0.3 is 0 Å². The molecule has 0 radical (unpaired) electrons. The van der Waals surface area contributed by atoms with E-state index in [0.717, 1.165) is 30.8 Å². The second-order valence-corrected chi connectivity index (χ2v) is 4.22. The highest BCUT2D eigenvalue weighted by Gasteiger charge is 1.96. The lowest BCUT2D eigenvalue weighted by molar-refractivity contribution is 0.386. The van der Waals surface area contributed by atoms with Crippen LogP contribution >= 0.6 is 0 Å². The van der Waals surface area contributed by atoms with Crippen molar-refractivity contribution in [3.63, 3.8) is 0 Å². The van der Waals surface area contributed by atoms with Crippen molar-refractivity contribution in [3.05, 3.63) is 36.5 Å². The summed E-state index contributed by atoms with van der Waals surface area (Å²) in [6.45, 7) is 13.0. The van der Waals surface area contributed by atoms with Crippen LogP contribution in [0, 0.1) is 0 Å². The fourth-order valence-electron chi connectivity index (χ4n) is 1.21. The summed E-state index contributed by atoms with van der Waals surface area (Å²) in [5.41, 5.74) is 2.24. The first-order valence-electron chi connectivity index (χ1n) is 5.32. The van der Waals surface area contributed by atoms with Gasteiger partial charge in [0.05, 0.1) is 0 Å². The van der Waals surface area contributed by atoms with Gasteiger partial charge in [-0.05, 0) is 38.8 Å². The molecule has 15 heavy (non-hydrogen) atoms. The predicted molar refractivity (Wildman–Crippen MR) is 69.1 cm³/mol. The van der Waals surface area contributed by atoms with Crippen LogP contribution in [0.15, 0.2) is 36.5 Å². The van der Waals surface area contributed by atoms with Gasteiger partial charge in [0, 0.05) is 13.1 Å². The number of hydrogen-bond donors (Lipinski definition) is 0. The van der Waals surface area contributed by atoms with Crippen LogP contribution in [-0.4, -0.2) is 50.6 Å². The smallest absolute Gasteiger partial charge is 0.0224 e. The third-order valence-electron chi connectivity index (χ3n) is 2.09. The second kappa shape index (κ2) is 7.43. The zero-order chi connectivity index (χ0) is 11.8. The molecule has 86 valence electrons. The normalized spacial score (nSPS) is 11.6. The Morgan fingerprint density at radius 3 is 1.87 bits per heavy atom. The largest absolute Gasteiger partial charge is 0.305 e. The van der Waals surface area contributed by atoms with Crippen LogP contribution in [0.3, 0.4) is 0 Å². The van der Waals surface area contributed by atoms with Crippen molar-refractivity contribution >= 4 is 0 Å². The molecule has 2 heteroatoms. The molecule has 0 spiro atoms. The quantitative estimate of drug-likeness (QED) is 0.592. The molecule has 0 aliphatic rings. The monoisotopic (exact) mass is 208 g/mol. The molecule has 0 amide bonds. The fraction of sp³-hybridized carbons (Fsp3) is 0.538. The number of hydrogen-bond acceptors (Lipinski definition) is 2. The molecule has 2 nitrogen and oxygen atoms in total. The van der Waals surface area contributed by atoms with E-state index in [9.17, 15) is 0 Å². The van der Waals surface area contributed by atoms with Crippen molar-refractivity contribution in [3.8, 4) is 0 Å². The summed E-state index contributed by atoms with van der Waals surface area (Å²) in [6, 6.07) is 0. The van der Waals surface area contributed by atoms with Crippen molar-refractivity contribution in [1.82, 2.24) is 9.80 Å². The Balaban J connectivity index is 3.95. The van der Waals surface area contributed by atoms with Crippen LogP contribution in [0.1, 0.15) is 6.92 Å². The minimum atomic E-state index is 0.896. The molecule has 0 N–H and O–H groups in total. The SMILES string of the molecule is C=C(/C=C\C(=C)CN(C)CC)CN(C)C. The minimum Gasteiger partial charge on any atom is -0.305 e. The maximum Gasteiger partial charge on any atom is 0.0224 e. The lowest BCUT2D eigenvalue weighted by atomic mass is 10.2. The molecule has 0 atom stereocenters. The van der Waals surface area contributed by atoms with E-state index in [0.29, 0.717) is 0 Å². The molecule has 0 saturated carbocycles. The molecule has 0 saturated heterocycles. The first-order chi connectivity index (χ1) is 6.95. The van der Waals surface area contributed by atoms with Gasteiger partial charge < -0.3 is 9.80 Å². The van der Waals surface area contributed by atoms with Crippen molar-refractivity contribution in [2.75, 3.05) is 40.8 Å². The minimum absolute atomic E-state index is 0.896. The molecule has 0 aromatic rings. The van der Waals surface area contributed by atoms with E-state index >= 15 is 0 Å². The van der Waals surface area contributed by atoms with Crippen LogP contribution in [-0.2, 0) is 0 Å². The van der Waals surface area contributed by atoms with E-state index in [1.54, 1.807) is 0 Å². The average Bonchev–Trinajstić information content (AvgIpc) is 2.13. The summed E-state index contributed by atoms with van der Waals surface area (Å²) >= 11 is 0. The summed E-state index contributed by atoms with van der Waals surface area (Å²) < 4.78 is 0. The average molecular weight is 208 g/mol. The van der Waals surface area contributed by atoms with E-state index in [-0.39, 0.29) is 0 Å². The zero-order valence-electron chi connectivity index (χ0n) is 10.6. The summed E-state index contributed by atoms with van der Waals surface area (Å²) in [7, 11) is 6.17. The number of nitrogens with zero attached hydrogens (tertiary/aromatic N) is 2. The van der Waals surface area contributed by atoms with Crippen molar-refractivity contribution in [2.45, 2.75) is 6.92 Å². The summed E-state index contributed by atoms with van der Waals surface area (Å²) in [6.07, 6.45) is 4.10. The Kier molecular flexibility index (Phi) is 7.01. The van der Waals surface area contributed by atoms with Crippen molar-refractivity contribution < 1.29 is 0 Å².